The third-order valence-corrected chi connectivity index (χ3v) is 3.23. The number of pyridine rings is 1. The molecule has 1 aliphatic heterocycles. The Kier molecular flexibility index (Phi) is 2.36. The van der Waals surface area contributed by atoms with Crippen LogP contribution in [0.3, 0.4) is 0 Å². The molecule has 1 aliphatic rings. The molecule has 0 bridgehead atoms. The molecule has 0 saturated carbocycles. The van der Waals surface area contributed by atoms with Crippen molar-refractivity contribution < 1.29 is 10.7 Å². The summed E-state index contributed by atoms with van der Waals surface area (Å²) < 4.78 is 11.8. The topological polar surface area (TPSA) is 31.4 Å². The van der Waals surface area contributed by atoms with E-state index in [4.69, 9.17) is 9.31 Å². The first-order valence-corrected chi connectivity index (χ1v) is 5.18. The summed E-state index contributed by atoms with van der Waals surface area (Å²) in [7, 11) is -0.280. The van der Waals surface area contributed by atoms with Gasteiger partial charge >= 0.3 is 7.12 Å². The summed E-state index contributed by atoms with van der Waals surface area (Å²) in [5, 5.41) is 0. The van der Waals surface area contributed by atoms with Crippen LogP contribution >= 0.6 is 0 Å². The Hall–Kier alpha value is -0.865. The molecule has 2 heterocycles. The first-order chi connectivity index (χ1) is 6.92. The van der Waals surface area contributed by atoms with Gasteiger partial charge in [0.15, 0.2) is 0 Å². The lowest BCUT2D eigenvalue weighted by Gasteiger charge is -2.32. The van der Waals surface area contributed by atoms with Gasteiger partial charge in [-0.2, -0.15) is 0 Å². The first-order valence-electron chi connectivity index (χ1n) is 5.18. The second-order valence-corrected chi connectivity index (χ2v) is 4.87. The molecule has 0 amide bonds. The Morgan fingerprint density at radius 1 is 1.07 bits per heavy atom. The average molecular weight is 207 g/mol. The number of rotatable bonds is 1. The second-order valence-electron chi connectivity index (χ2n) is 4.87. The summed E-state index contributed by atoms with van der Waals surface area (Å²) >= 11 is 0. The van der Waals surface area contributed by atoms with Crippen LogP contribution in [0.4, 0.5) is 0 Å². The summed E-state index contributed by atoms with van der Waals surface area (Å²) in [5.41, 5.74) is 0.464. The normalized spacial score (nSPS) is 23.1. The van der Waals surface area contributed by atoms with E-state index < -0.39 is 0 Å². The predicted octanol–water partition coefficient (Wildman–Crippen LogP) is 1.63. The van der Waals surface area contributed by atoms with Crippen molar-refractivity contribution in [3.8, 4) is 0 Å². The van der Waals surface area contributed by atoms with Crippen LogP contribution in [0.2, 0.25) is 0 Å². The van der Waals surface area contributed by atoms with Crippen LogP contribution in [0.25, 0.3) is 0 Å². The standard InChI is InChI=1S/C11H16BNO2.H2/c1-10(2)11(3,4)15-12(14-10)9-5-7-13-8-6-9;/h5-8H,1-4H3;1H. The third kappa shape index (κ3) is 1.79. The molecule has 2 rings (SSSR count). The maximum absolute atomic E-state index is 5.90. The summed E-state index contributed by atoms with van der Waals surface area (Å²) in [5.74, 6) is 0. The lowest BCUT2D eigenvalue weighted by Crippen LogP contribution is -2.41. The molecule has 0 atom stereocenters. The molecule has 1 fully saturated rings. The molecule has 1 saturated heterocycles. The van der Waals surface area contributed by atoms with E-state index in [1.54, 1.807) is 12.4 Å². The highest BCUT2D eigenvalue weighted by atomic mass is 16.7. The molecule has 82 valence electrons. The minimum absolute atomic E-state index is 0. The third-order valence-electron chi connectivity index (χ3n) is 3.23. The molecule has 1 aromatic rings. The summed E-state index contributed by atoms with van der Waals surface area (Å²) in [6, 6.07) is 3.84. The zero-order valence-electron chi connectivity index (χ0n) is 9.65. The zero-order valence-corrected chi connectivity index (χ0v) is 9.65. The Morgan fingerprint density at radius 3 is 2.00 bits per heavy atom. The van der Waals surface area contributed by atoms with E-state index in [9.17, 15) is 0 Å². The quantitative estimate of drug-likeness (QED) is 0.656. The van der Waals surface area contributed by atoms with Gasteiger partial charge < -0.3 is 9.31 Å². The molecule has 15 heavy (non-hydrogen) atoms. The fourth-order valence-electron chi connectivity index (χ4n) is 1.50. The molecule has 0 aromatic carbocycles. The molecule has 0 N–H and O–H groups in total. The van der Waals surface area contributed by atoms with E-state index >= 15 is 0 Å². The van der Waals surface area contributed by atoms with Crippen molar-refractivity contribution in [1.82, 2.24) is 4.98 Å². The molecular formula is C11H18BNO2. The van der Waals surface area contributed by atoms with Crippen molar-refractivity contribution >= 4 is 12.6 Å². The van der Waals surface area contributed by atoms with Gasteiger partial charge in [-0.05, 0) is 45.3 Å². The lowest BCUT2D eigenvalue weighted by molar-refractivity contribution is 0.00578. The van der Waals surface area contributed by atoms with Gasteiger partial charge in [0.1, 0.15) is 0 Å². The summed E-state index contributed by atoms with van der Waals surface area (Å²) in [6.45, 7) is 8.20. The number of hydrogen-bond donors (Lipinski definition) is 0. The number of aromatic nitrogens is 1. The van der Waals surface area contributed by atoms with Crippen LogP contribution in [0.1, 0.15) is 29.1 Å². The molecule has 0 aliphatic carbocycles. The van der Waals surface area contributed by atoms with Crippen LogP contribution < -0.4 is 5.46 Å². The Bertz CT molecular complexity index is 340. The SMILES string of the molecule is CC1(C)OB(c2ccncc2)OC1(C)C.[HH]. The first kappa shape index (κ1) is 10.6. The van der Waals surface area contributed by atoms with E-state index in [2.05, 4.69) is 4.98 Å². The van der Waals surface area contributed by atoms with Crippen LogP contribution in [-0.2, 0) is 9.31 Å². The lowest BCUT2D eigenvalue weighted by atomic mass is 9.80. The van der Waals surface area contributed by atoms with Gasteiger partial charge in [-0.15, -0.1) is 0 Å². The maximum Gasteiger partial charge on any atom is 0.494 e. The highest BCUT2D eigenvalue weighted by Crippen LogP contribution is 2.36. The van der Waals surface area contributed by atoms with Crippen LogP contribution in [0, 0.1) is 0 Å². The minimum Gasteiger partial charge on any atom is -0.399 e. The molecule has 0 spiro atoms. The van der Waals surface area contributed by atoms with Gasteiger partial charge in [0, 0.05) is 13.8 Å². The monoisotopic (exact) mass is 207 g/mol. The van der Waals surface area contributed by atoms with Gasteiger partial charge in [0.25, 0.3) is 0 Å². The van der Waals surface area contributed by atoms with E-state index in [1.807, 2.05) is 39.8 Å². The van der Waals surface area contributed by atoms with Gasteiger partial charge in [-0.1, -0.05) is 0 Å². The van der Waals surface area contributed by atoms with Gasteiger partial charge in [0.05, 0.1) is 11.2 Å². The average Bonchev–Trinajstić information content (AvgIpc) is 2.38. The minimum atomic E-state index is -0.280. The molecular weight excluding hydrogens is 189 g/mol. The molecule has 0 radical (unpaired) electrons. The smallest absolute Gasteiger partial charge is 0.399 e. The predicted molar refractivity (Wildman–Crippen MR) is 62.1 cm³/mol. The van der Waals surface area contributed by atoms with Crippen molar-refractivity contribution in [3.63, 3.8) is 0 Å². The maximum atomic E-state index is 5.90. The van der Waals surface area contributed by atoms with E-state index in [-0.39, 0.29) is 19.7 Å². The zero-order chi connectivity index (χ0) is 11.1. The summed E-state index contributed by atoms with van der Waals surface area (Å²) in [4.78, 5) is 3.98. The van der Waals surface area contributed by atoms with Crippen molar-refractivity contribution in [2.45, 2.75) is 38.9 Å². The van der Waals surface area contributed by atoms with Crippen molar-refractivity contribution in [2.75, 3.05) is 0 Å². The van der Waals surface area contributed by atoms with Crippen molar-refractivity contribution in [2.24, 2.45) is 0 Å². The second kappa shape index (κ2) is 3.32. The van der Waals surface area contributed by atoms with Gasteiger partial charge in [0.2, 0.25) is 0 Å². The molecule has 1 aromatic heterocycles. The van der Waals surface area contributed by atoms with E-state index in [0.717, 1.165) is 5.46 Å². The van der Waals surface area contributed by atoms with Crippen LogP contribution in [0.5, 0.6) is 0 Å². The van der Waals surface area contributed by atoms with Crippen LogP contribution in [0.15, 0.2) is 24.5 Å². The fraction of sp³-hybridized carbons (Fsp3) is 0.545. The Balaban J connectivity index is 0.00000128. The largest absolute Gasteiger partial charge is 0.494 e. The highest BCUT2D eigenvalue weighted by molar-refractivity contribution is 6.62. The van der Waals surface area contributed by atoms with Crippen molar-refractivity contribution in [3.05, 3.63) is 24.5 Å². The molecule has 0 unspecified atom stereocenters. The number of nitrogens with zero attached hydrogens (tertiary/aromatic N) is 1. The van der Waals surface area contributed by atoms with Gasteiger partial charge in [-0.3, -0.25) is 4.98 Å². The summed E-state index contributed by atoms with van der Waals surface area (Å²) in [6.07, 6.45) is 3.50. The number of hydrogen-bond acceptors (Lipinski definition) is 3. The van der Waals surface area contributed by atoms with Crippen molar-refractivity contribution in [1.29, 1.82) is 0 Å². The molecule has 4 heteroatoms. The Labute approximate surface area is 92.4 Å². The van der Waals surface area contributed by atoms with Crippen LogP contribution in [-0.4, -0.2) is 23.3 Å². The highest BCUT2D eigenvalue weighted by Gasteiger charge is 2.51. The van der Waals surface area contributed by atoms with Gasteiger partial charge in [-0.25, -0.2) is 0 Å². The van der Waals surface area contributed by atoms with E-state index in [0.29, 0.717) is 0 Å². The Morgan fingerprint density at radius 2 is 1.53 bits per heavy atom. The molecule has 3 nitrogen and oxygen atoms in total. The fourth-order valence-corrected chi connectivity index (χ4v) is 1.50. The van der Waals surface area contributed by atoms with E-state index in [1.165, 1.54) is 0 Å².